The van der Waals surface area contributed by atoms with E-state index in [1.54, 1.807) is 6.20 Å². The van der Waals surface area contributed by atoms with Crippen molar-refractivity contribution in [1.29, 1.82) is 0 Å². The molecule has 0 saturated heterocycles. The summed E-state index contributed by atoms with van der Waals surface area (Å²) in [7, 11) is 0. The number of pyridine rings is 1. The second-order valence-corrected chi connectivity index (χ2v) is 7.14. The number of rotatable bonds is 3. The molecule has 1 aliphatic rings. The monoisotopic (exact) mass is 372 g/mol. The zero-order valence-electron chi connectivity index (χ0n) is 15.3. The number of nitrogen functional groups attached to an aromatic ring is 1. The summed E-state index contributed by atoms with van der Waals surface area (Å²) in [6.45, 7) is 2.26. The van der Waals surface area contributed by atoms with Gasteiger partial charge in [-0.25, -0.2) is 9.97 Å². The molecule has 140 valence electrons. The maximum Gasteiger partial charge on any atom is 0.254 e. The van der Waals surface area contributed by atoms with Gasteiger partial charge in [-0.15, -0.1) is 0 Å². The van der Waals surface area contributed by atoms with Gasteiger partial charge in [0.2, 0.25) is 0 Å². The lowest BCUT2D eigenvalue weighted by Gasteiger charge is -2.27. The highest BCUT2D eigenvalue weighted by Gasteiger charge is 2.22. The molecule has 3 aromatic heterocycles. The van der Waals surface area contributed by atoms with Gasteiger partial charge in [0.25, 0.3) is 5.56 Å². The maximum atomic E-state index is 12.6. The summed E-state index contributed by atoms with van der Waals surface area (Å²) in [5, 5.41) is 1.13. The number of nitrogens with zero attached hydrogens (tertiary/aromatic N) is 3. The Kier molecular flexibility index (Phi) is 3.95. The Bertz CT molecular complexity index is 1210. The fourth-order valence-electron chi connectivity index (χ4n) is 3.79. The predicted octanol–water partition coefficient (Wildman–Crippen LogP) is 2.45. The van der Waals surface area contributed by atoms with Gasteiger partial charge in [0, 0.05) is 54.2 Å². The Morgan fingerprint density at radius 2 is 2.04 bits per heavy atom. The van der Waals surface area contributed by atoms with Crippen LogP contribution in [-0.4, -0.2) is 31.4 Å². The summed E-state index contributed by atoms with van der Waals surface area (Å²) in [4.78, 5) is 30.1. The van der Waals surface area contributed by atoms with E-state index in [9.17, 15) is 4.79 Å². The molecule has 0 aliphatic carbocycles. The van der Waals surface area contributed by atoms with Crippen molar-refractivity contribution in [2.45, 2.75) is 19.5 Å². The normalized spacial score (nSPS) is 14.3. The number of anilines is 1. The molecule has 7 nitrogen and oxygen atoms in total. The van der Waals surface area contributed by atoms with Crippen molar-refractivity contribution in [1.82, 2.24) is 24.8 Å². The second-order valence-electron chi connectivity index (χ2n) is 7.14. The third kappa shape index (κ3) is 2.95. The smallest absolute Gasteiger partial charge is 0.254 e. The largest absolute Gasteiger partial charge is 0.399 e. The summed E-state index contributed by atoms with van der Waals surface area (Å²) < 4.78 is 0. The lowest BCUT2D eigenvalue weighted by Crippen LogP contribution is -2.35. The SMILES string of the molecule is Nc1ccc(-c2nc3c(c(=O)[nH]2)CCN(Cc2c[nH]c4ncccc24)C3)cc1. The Morgan fingerprint density at radius 3 is 2.89 bits per heavy atom. The first-order valence-electron chi connectivity index (χ1n) is 9.29. The fraction of sp³-hybridized carbons (Fsp3) is 0.190. The molecule has 4 aromatic rings. The van der Waals surface area contributed by atoms with Crippen molar-refractivity contribution in [3.05, 3.63) is 76.0 Å². The van der Waals surface area contributed by atoms with E-state index >= 15 is 0 Å². The number of fused-ring (bicyclic) bond motifs is 2. The van der Waals surface area contributed by atoms with E-state index in [-0.39, 0.29) is 5.56 Å². The average molecular weight is 372 g/mol. The molecule has 0 radical (unpaired) electrons. The first-order chi connectivity index (χ1) is 13.7. The van der Waals surface area contributed by atoms with Crippen molar-refractivity contribution in [2.75, 3.05) is 12.3 Å². The molecule has 7 heteroatoms. The molecule has 4 heterocycles. The minimum absolute atomic E-state index is 0.0484. The Morgan fingerprint density at radius 1 is 1.18 bits per heavy atom. The molecule has 5 rings (SSSR count). The molecule has 1 aromatic carbocycles. The molecule has 28 heavy (non-hydrogen) atoms. The number of hydrogen-bond acceptors (Lipinski definition) is 5. The number of aromatic amines is 2. The molecule has 0 unspecified atom stereocenters. The van der Waals surface area contributed by atoms with Crippen LogP contribution < -0.4 is 11.3 Å². The number of aromatic nitrogens is 4. The number of H-pyrrole nitrogens is 2. The first-order valence-corrected chi connectivity index (χ1v) is 9.29. The number of hydrogen-bond donors (Lipinski definition) is 3. The van der Waals surface area contributed by atoms with Crippen LogP contribution in [0.5, 0.6) is 0 Å². The van der Waals surface area contributed by atoms with Crippen LogP contribution in [0.2, 0.25) is 0 Å². The molecule has 1 aliphatic heterocycles. The zero-order chi connectivity index (χ0) is 19.1. The summed E-state index contributed by atoms with van der Waals surface area (Å²) in [5.74, 6) is 0.585. The summed E-state index contributed by atoms with van der Waals surface area (Å²) in [6.07, 6.45) is 4.49. The van der Waals surface area contributed by atoms with Gasteiger partial charge in [0.05, 0.1) is 5.69 Å². The maximum absolute atomic E-state index is 12.6. The van der Waals surface area contributed by atoms with Gasteiger partial charge in [0.1, 0.15) is 11.5 Å². The van der Waals surface area contributed by atoms with Crippen LogP contribution in [-0.2, 0) is 19.5 Å². The van der Waals surface area contributed by atoms with Crippen molar-refractivity contribution < 1.29 is 0 Å². The van der Waals surface area contributed by atoms with E-state index in [1.807, 2.05) is 36.5 Å². The van der Waals surface area contributed by atoms with Crippen molar-refractivity contribution in [3.8, 4) is 11.4 Å². The van der Waals surface area contributed by atoms with Crippen molar-refractivity contribution in [2.24, 2.45) is 0 Å². The minimum atomic E-state index is -0.0484. The zero-order valence-corrected chi connectivity index (χ0v) is 15.3. The van der Waals surface area contributed by atoms with Gasteiger partial charge in [-0.2, -0.15) is 0 Å². The van der Waals surface area contributed by atoms with Crippen LogP contribution >= 0.6 is 0 Å². The first kappa shape index (κ1) is 16.7. The highest BCUT2D eigenvalue weighted by molar-refractivity contribution is 5.79. The molecule has 0 spiro atoms. The lowest BCUT2D eigenvalue weighted by atomic mass is 10.0. The highest BCUT2D eigenvalue weighted by atomic mass is 16.1. The quantitative estimate of drug-likeness (QED) is 0.479. The summed E-state index contributed by atoms with van der Waals surface area (Å²) in [5.41, 5.74) is 11.0. The summed E-state index contributed by atoms with van der Waals surface area (Å²) >= 11 is 0. The Hall–Kier alpha value is -3.45. The minimum Gasteiger partial charge on any atom is -0.399 e. The standard InChI is InChI=1S/C21H20N6O/c22-15-5-3-13(4-6-15)19-25-18-12-27(9-7-17(18)21(28)26-19)11-14-10-24-20-16(14)2-1-8-23-20/h1-6,8,10H,7,9,11-12,22H2,(H,23,24)(H,25,26,28). The number of nitrogens with two attached hydrogens (primary N) is 1. The van der Waals surface area contributed by atoms with Gasteiger partial charge in [-0.3, -0.25) is 9.69 Å². The van der Waals surface area contributed by atoms with Crippen LogP contribution in [0.3, 0.4) is 0 Å². The van der Waals surface area contributed by atoms with E-state index < -0.39 is 0 Å². The van der Waals surface area contributed by atoms with Gasteiger partial charge >= 0.3 is 0 Å². The van der Waals surface area contributed by atoms with Crippen LogP contribution in [0.1, 0.15) is 16.8 Å². The molecule has 4 N–H and O–H groups in total. The fourth-order valence-corrected chi connectivity index (χ4v) is 3.79. The number of benzene rings is 1. The Balaban J connectivity index is 1.44. The molecule has 0 fully saturated rings. The third-order valence-electron chi connectivity index (χ3n) is 5.27. The van der Waals surface area contributed by atoms with E-state index in [0.717, 1.165) is 40.9 Å². The van der Waals surface area contributed by atoms with Crippen molar-refractivity contribution in [3.63, 3.8) is 0 Å². The van der Waals surface area contributed by atoms with Gasteiger partial charge < -0.3 is 15.7 Å². The van der Waals surface area contributed by atoms with Gasteiger partial charge in [0.15, 0.2) is 0 Å². The Labute approximate surface area is 161 Å². The molecular weight excluding hydrogens is 352 g/mol. The van der Waals surface area contributed by atoms with E-state index in [4.69, 9.17) is 10.7 Å². The molecule has 0 atom stereocenters. The van der Waals surface area contributed by atoms with Crippen LogP contribution in [0.4, 0.5) is 5.69 Å². The van der Waals surface area contributed by atoms with Crippen LogP contribution in [0.15, 0.2) is 53.6 Å². The van der Waals surface area contributed by atoms with Crippen LogP contribution in [0, 0.1) is 0 Å². The van der Waals surface area contributed by atoms with E-state index in [0.29, 0.717) is 24.5 Å². The third-order valence-corrected chi connectivity index (χ3v) is 5.27. The molecule has 0 bridgehead atoms. The summed E-state index contributed by atoms with van der Waals surface area (Å²) in [6, 6.07) is 11.4. The molecule has 0 saturated carbocycles. The predicted molar refractivity (Wildman–Crippen MR) is 109 cm³/mol. The molecular formula is C21H20N6O. The topological polar surface area (TPSA) is 104 Å². The highest BCUT2D eigenvalue weighted by Crippen LogP contribution is 2.23. The van der Waals surface area contributed by atoms with E-state index in [1.165, 1.54) is 5.56 Å². The number of nitrogens with one attached hydrogen (secondary N) is 2. The average Bonchev–Trinajstić information content (AvgIpc) is 3.11. The lowest BCUT2D eigenvalue weighted by molar-refractivity contribution is 0.241. The van der Waals surface area contributed by atoms with Crippen molar-refractivity contribution >= 4 is 16.7 Å². The molecule has 0 amide bonds. The van der Waals surface area contributed by atoms with Gasteiger partial charge in [-0.1, -0.05) is 0 Å². The van der Waals surface area contributed by atoms with Crippen LogP contribution in [0.25, 0.3) is 22.4 Å². The van der Waals surface area contributed by atoms with E-state index in [2.05, 4.69) is 25.9 Å². The second kappa shape index (κ2) is 6.61. The van der Waals surface area contributed by atoms with Gasteiger partial charge in [-0.05, 0) is 48.4 Å².